The van der Waals surface area contributed by atoms with Crippen molar-refractivity contribution in [2.75, 3.05) is 36.4 Å². The summed E-state index contributed by atoms with van der Waals surface area (Å²) in [5.74, 6) is -0.0727. The lowest BCUT2D eigenvalue weighted by Gasteiger charge is -2.30. The number of rotatable bonds is 4. The van der Waals surface area contributed by atoms with Crippen LogP contribution in [0.1, 0.15) is 39.2 Å². The second kappa shape index (κ2) is 8.08. The van der Waals surface area contributed by atoms with E-state index in [0.717, 1.165) is 43.6 Å². The van der Waals surface area contributed by atoms with E-state index in [4.69, 9.17) is 0 Å². The minimum atomic E-state index is -0.988. The van der Waals surface area contributed by atoms with E-state index >= 15 is 0 Å². The van der Waals surface area contributed by atoms with E-state index in [-0.39, 0.29) is 11.9 Å². The molecule has 0 unspecified atom stereocenters. The highest BCUT2D eigenvalue weighted by Crippen LogP contribution is 2.31. The van der Waals surface area contributed by atoms with E-state index in [1.54, 1.807) is 29.7 Å². The number of nitrogens with one attached hydrogen (secondary N) is 3. The maximum atomic E-state index is 12.6. The molecule has 1 aromatic carbocycles. The molecule has 8 nitrogen and oxygen atoms in total. The Morgan fingerprint density at radius 3 is 2.50 bits per heavy atom. The average molecular weight is 387 g/mol. The zero-order valence-electron chi connectivity index (χ0n) is 16.8. The lowest BCUT2D eigenvalue weighted by atomic mass is 10.0. The highest BCUT2D eigenvalue weighted by atomic mass is 16.2. The Bertz CT molecular complexity index is 771. The molecule has 1 fully saturated rings. The zero-order chi connectivity index (χ0) is 20.3. The van der Waals surface area contributed by atoms with Crippen LogP contribution in [-0.4, -0.2) is 54.6 Å². The Hall–Kier alpha value is -2.77. The van der Waals surface area contributed by atoms with E-state index in [2.05, 4.69) is 16.0 Å². The first-order valence-electron chi connectivity index (χ1n) is 9.88. The molecule has 8 heteroatoms. The number of benzene rings is 1. The second-order valence-electron chi connectivity index (χ2n) is 7.78. The summed E-state index contributed by atoms with van der Waals surface area (Å²) in [5, 5.41) is 8.36. The molecular formula is C20H29N5O3. The Labute approximate surface area is 165 Å². The van der Waals surface area contributed by atoms with E-state index in [0.29, 0.717) is 18.8 Å². The Morgan fingerprint density at radius 1 is 1.11 bits per heavy atom. The summed E-state index contributed by atoms with van der Waals surface area (Å²) in [6.07, 6.45) is 2.80. The minimum Gasteiger partial charge on any atom is -0.341 e. The Balaban J connectivity index is 1.65. The molecule has 0 atom stereocenters. The van der Waals surface area contributed by atoms with Gasteiger partial charge in [0.15, 0.2) is 0 Å². The molecule has 1 saturated heterocycles. The number of likely N-dealkylation sites (tertiary alicyclic amines) is 1. The molecule has 2 aliphatic rings. The highest BCUT2D eigenvalue weighted by molar-refractivity contribution is 5.98. The first-order chi connectivity index (χ1) is 13.3. The van der Waals surface area contributed by atoms with Crippen molar-refractivity contribution < 1.29 is 14.4 Å². The summed E-state index contributed by atoms with van der Waals surface area (Å²) < 4.78 is 0. The molecule has 1 aromatic rings. The number of fused-ring (bicyclic) bond motifs is 1. The normalized spacial score (nSPS) is 16.0. The molecule has 0 aliphatic carbocycles. The van der Waals surface area contributed by atoms with Crippen molar-refractivity contribution in [1.82, 2.24) is 15.5 Å². The maximum absolute atomic E-state index is 12.6. The van der Waals surface area contributed by atoms with Crippen LogP contribution in [0.15, 0.2) is 18.2 Å². The fourth-order valence-electron chi connectivity index (χ4n) is 3.73. The van der Waals surface area contributed by atoms with E-state index < -0.39 is 11.6 Å². The number of carbonyl (C=O) groups is 3. The number of hydrogen-bond acceptors (Lipinski definition) is 3. The molecule has 0 saturated carbocycles. The summed E-state index contributed by atoms with van der Waals surface area (Å²) in [6, 6.07) is 4.95. The summed E-state index contributed by atoms with van der Waals surface area (Å²) in [4.78, 5) is 40.8. The van der Waals surface area contributed by atoms with Crippen molar-refractivity contribution in [2.45, 2.75) is 45.6 Å². The first-order valence-corrected chi connectivity index (χ1v) is 9.88. The van der Waals surface area contributed by atoms with Gasteiger partial charge in [0.2, 0.25) is 5.91 Å². The molecule has 28 heavy (non-hydrogen) atoms. The van der Waals surface area contributed by atoms with Crippen LogP contribution in [0.25, 0.3) is 0 Å². The van der Waals surface area contributed by atoms with Crippen LogP contribution < -0.4 is 20.9 Å². The fraction of sp³-hybridized carbons (Fsp3) is 0.550. The molecule has 152 valence electrons. The smallest absolute Gasteiger partial charge is 0.321 e. The van der Waals surface area contributed by atoms with Gasteiger partial charge in [0.05, 0.1) is 5.69 Å². The molecule has 0 bridgehead atoms. The lowest BCUT2D eigenvalue weighted by Crippen LogP contribution is -2.56. The van der Waals surface area contributed by atoms with Crippen molar-refractivity contribution in [3.8, 4) is 0 Å². The van der Waals surface area contributed by atoms with E-state index in [1.165, 1.54) is 0 Å². The SMILES string of the molecule is CCNC(=O)N1CCc2ccc(NC(=O)NC(C)(C)C(=O)N3CCCC3)cc21. The molecular weight excluding hydrogens is 358 g/mol. The Morgan fingerprint density at radius 2 is 1.82 bits per heavy atom. The van der Waals surface area contributed by atoms with Gasteiger partial charge in [0, 0.05) is 31.9 Å². The van der Waals surface area contributed by atoms with Gasteiger partial charge in [-0.1, -0.05) is 6.07 Å². The quantitative estimate of drug-likeness (QED) is 0.740. The largest absolute Gasteiger partial charge is 0.341 e. The van der Waals surface area contributed by atoms with Crippen LogP contribution in [0, 0.1) is 0 Å². The van der Waals surface area contributed by atoms with Gasteiger partial charge in [0.1, 0.15) is 5.54 Å². The third kappa shape index (κ3) is 4.21. The molecule has 2 heterocycles. The highest BCUT2D eigenvalue weighted by Gasteiger charge is 2.34. The predicted octanol–water partition coefficient (Wildman–Crippen LogP) is 2.30. The van der Waals surface area contributed by atoms with Crippen molar-refractivity contribution in [3.63, 3.8) is 0 Å². The van der Waals surface area contributed by atoms with Crippen molar-refractivity contribution in [1.29, 1.82) is 0 Å². The zero-order valence-corrected chi connectivity index (χ0v) is 16.8. The third-order valence-electron chi connectivity index (χ3n) is 5.17. The number of anilines is 2. The predicted molar refractivity (Wildman–Crippen MR) is 109 cm³/mol. The van der Waals surface area contributed by atoms with Gasteiger partial charge in [-0.3, -0.25) is 9.69 Å². The average Bonchev–Trinajstić information content (AvgIpc) is 3.30. The van der Waals surface area contributed by atoms with Crippen molar-refractivity contribution in [2.24, 2.45) is 0 Å². The van der Waals surface area contributed by atoms with Crippen LogP contribution in [0.3, 0.4) is 0 Å². The molecule has 2 aliphatic heterocycles. The standard InChI is InChI=1S/C20H29N5O3/c1-4-21-19(28)25-12-9-14-7-8-15(13-16(14)25)22-18(27)23-20(2,3)17(26)24-10-5-6-11-24/h7-8,13H,4-6,9-12H2,1-3H3,(H,21,28)(H2,22,23,27). The van der Waals surface area contributed by atoms with Gasteiger partial charge >= 0.3 is 12.1 Å². The monoisotopic (exact) mass is 387 g/mol. The fourth-order valence-corrected chi connectivity index (χ4v) is 3.73. The lowest BCUT2D eigenvalue weighted by molar-refractivity contribution is -0.135. The van der Waals surface area contributed by atoms with Gasteiger partial charge in [-0.15, -0.1) is 0 Å². The van der Waals surface area contributed by atoms with E-state index in [1.807, 2.05) is 19.1 Å². The summed E-state index contributed by atoms with van der Waals surface area (Å²) >= 11 is 0. The van der Waals surface area contributed by atoms with Crippen LogP contribution in [0.5, 0.6) is 0 Å². The van der Waals surface area contributed by atoms with Crippen molar-refractivity contribution in [3.05, 3.63) is 23.8 Å². The van der Waals surface area contributed by atoms with Gasteiger partial charge in [-0.2, -0.15) is 0 Å². The van der Waals surface area contributed by atoms with Crippen molar-refractivity contribution >= 4 is 29.3 Å². The summed E-state index contributed by atoms with van der Waals surface area (Å²) in [5.41, 5.74) is 1.47. The molecule has 0 radical (unpaired) electrons. The molecule has 0 aromatic heterocycles. The molecule has 3 rings (SSSR count). The Kier molecular flexibility index (Phi) is 5.76. The van der Waals surface area contributed by atoms with Gasteiger partial charge in [-0.05, 0) is 57.7 Å². The van der Waals surface area contributed by atoms with E-state index in [9.17, 15) is 14.4 Å². The van der Waals surface area contributed by atoms with Crippen LogP contribution in [-0.2, 0) is 11.2 Å². The molecule has 0 spiro atoms. The van der Waals surface area contributed by atoms with Gasteiger partial charge in [0.25, 0.3) is 0 Å². The first kappa shape index (κ1) is 20.0. The number of carbonyl (C=O) groups excluding carboxylic acids is 3. The van der Waals surface area contributed by atoms with Gasteiger partial charge in [-0.25, -0.2) is 9.59 Å². The molecule has 5 amide bonds. The topological polar surface area (TPSA) is 93.8 Å². The second-order valence-corrected chi connectivity index (χ2v) is 7.78. The minimum absolute atomic E-state index is 0.0727. The summed E-state index contributed by atoms with van der Waals surface area (Å²) in [6.45, 7) is 7.97. The number of nitrogens with zero attached hydrogens (tertiary/aromatic N) is 2. The van der Waals surface area contributed by atoms with Crippen LogP contribution in [0.4, 0.5) is 21.0 Å². The third-order valence-corrected chi connectivity index (χ3v) is 5.17. The summed E-state index contributed by atoms with van der Waals surface area (Å²) in [7, 11) is 0. The molecule has 3 N–H and O–H groups in total. The number of urea groups is 2. The maximum Gasteiger partial charge on any atom is 0.321 e. The number of amides is 5. The van der Waals surface area contributed by atoms with Crippen LogP contribution >= 0.6 is 0 Å². The van der Waals surface area contributed by atoms with Gasteiger partial charge < -0.3 is 20.9 Å². The van der Waals surface area contributed by atoms with Crippen LogP contribution in [0.2, 0.25) is 0 Å². The number of hydrogen-bond donors (Lipinski definition) is 3.